The fourth-order valence-electron chi connectivity index (χ4n) is 3.52. The summed E-state index contributed by atoms with van der Waals surface area (Å²) in [4.78, 5) is 16.1. The van der Waals surface area contributed by atoms with Crippen LogP contribution in [-0.4, -0.2) is 43.7 Å². The lowest BCUT2D eigenvalue weighted by molar-refractivity contribution is -0.137. The molecule has 4 nitrogen and oxygen atoms in total. The minimum atomic E-state index is -4.30. The lowest BCUT2D eigenvalue weighted by atomic mass is 10.1. The van der Waals surface area contributed by atoms with Gasteiger partial charge in [-0.3, -0.25) is 4.90 Å². The highest BCUT2D eigenvalue weighted by Gasteiger charge is 2.30. The van der Waals surface area contributed by atoms with E-state index in [9.17, 15) is 18.0 Å². The summed E-state index contributed by atoms with van der Waals surface area (Å²) < 4.78 is 42.8. The van der Waals surface area contributed by atoms with Crippen molar-refractivity contribution in [3.63, 3.8) is 0 Å². The van der Waals surface area contributed by atoms with E-state index in [1.165, 1.54) is 7.11 Å². The number of hydrogen-bond acceptors (Lipinski definition) is 4. The Balaban J connectivity index is 1.60. The monoisotopic (exact) mass is 392 g/mol. The van der Waals surface area contributed by atoms with Crippen LogP contribution in [0.5, 0.6) is 0 Å². The molecule has 1 heterocycles. The number of ether oxygens (including phenoxy) is 1. The molecule has 0 saturated carbocycles. The molecule has 0 radical (unpaired) electrons. The van der Waals surface area contributed by atoms with E-state index < -0.39 is 11.7 Å². The van der Waals surface area contributed by atoms with E-state index >= 15 is 0 Å². The molecule has 0 aliphatic carbocycles. The van der Waals surface area contributed by atoms with Crippen LogP contribution in [0.1, 0.15) is 28.4 Å². The second kappa shape index (κ2) is 8.22. The Labute approximate surface area is 162 Å². The number of anilines is 1. The van der Waals surface area contributed by atoms with Crippen LogP contribution in [0, 0.1) is 0 Å². The third kappa shape index (κ3) is 4.65. The lowest BCUT2D eigenvalue weighted by Crippen LogP contribution is -2.51. The van der Waals surface area contributed by atoms with Gasteiger partial charge in [-0.15, -0.1) is 0 Å². The van der Waals surface area contributed by atoms with Gasteiger partial charge in [0.25, 0.3) is 0 Å². The molecule has 0 aromatic heterocycles. The van der Waals surface area contributed by atoms with Crippen molar-refractivity contribution in [2.75, 3.05) is 31.6 Å². The van der Waals surface area contributed by atoms with Gasteiger partial charge in [-0.2, -0.15) is 13.2 Å². The molecule has 0 amide bonds. The molecule has 2 aromatic rings. The van der Waals surface area contributed by atoms with Crippen molar-refractivity contribution in [3.8, 4) is 0 Å². The van der Waals surface area contributed by atoms with E-state index in [0.717, 1.165) is 43.0 Å². The number of methoxy groups -OCH3 is 1. The fraction of sp³-hybridized carbons (Fsp3) is 0.381. The van der Waals surface area contributed by atoms with Crippen molar-refractivity contribution >= 4 is 11.7 Å². The van der Waals surface area contributed by atoms with Crippen molar-refractivity contribution in [1.82, 2.24) is 4.90 Å². The van der Waals surface area contributed by atoms with Gasteiger partial charge in [0, 0.05) is 37.9 Å². The van der Waals surface area contributed by atoms with E-state index in [1.54, 1.807) is 24.3 Å². The molecule has 1 aliphatic heterocycles. The highest BCUT2D eigenvalue weighted by Crippen LogP contribution is 2.29. The number of rotatable bonds is 4. The zero-order chi connectivity index (χ0) is 20.3. The topological polar surface area (TPSA) is 32.8 Å². The third-order valence-electron chi connectivity index (χ3n) is 5.02. The molecule has 28 heavy (non-hydrogen) atoms. The first-order valence-corrected chi connectivity index (χ1v) is 9.11. The number of piperazine rings is 1. The lowest BCUT2D eigenvalue weighted by Gasteiger charge is -2.41. The zero-order valence-electron chi connectivity index (χ0n) is 15.9. The highest BCUT2D eigenvalue weighted by molar-refractivity contribution is 5.89. The van der Waals surface area contributed by atoms with Crippen molar-refractivity contribution < 1.29 is 22.7 Å². The van der Waals surface area contributed by atoms with Crippen LogP contribution in [0.2, 0.25) is 0 Å². The summed E-state index contributed by atoms with van der Waals surface area (Å²) in [6.07, 6.45) is -4.30. The van der Waals surface area contributed by atoms with Crippen molar-refractivity contribution in [1.29, 1.82) is 0 Å². The maximum atomic E-state index is 12.7. The molecule has 0 bridgehead atoms. The normalized spacial score (nSPS) is 18.2. The smallest absolute Gasteiger partial charge is 0.416 e. The molecular formula is C21H23F3N2O2. The summed E-state index contributed by atoms with van der Waals surface area (Å²) in [6.45, 7) is 5.16. The van der Waals surface area contributed by atoms with Gasteiger partial charge in [-0.1, -0.05) is 12.1 Å². The summed E-state index contributed by atoms with van der Waals surface area (Å²) in [6, 6.07) is 12.9. The molecule has 0 unspecified atom stereocenters. The predicted molar refractivity (Wildman–Crippen MR) is 101 cm³/mol. The average molecular weight is 392 g/mol. The van der Waals surface area contributed by atoms with Gasteiger partial charge in [-0.25, -0.2) is 4.79 Å². The molecule has 7 heteroatoms. The van der Waals surface area contributed by atoms with Gasteiger partial charge in [0.05, 0.1) is 18.2 Å². The molecule has 2 aromatic carbocycles. The maximum absolute atomic E-state index is 12.7. The predicted octanol–water partition coefficient (Wildman–Crippen LogP) is 4.20. The molecule has 1 atom stereocenters. The van der Waals surface area contributed by atoms with E-state index in [0.29, 0.717) is 12.1 Å². The maximum Gasteiger partial charge on any atom is 0.416 e. The van der Waals surface area contributed by atoms with Crippen molar-refractivity contribution in [2.45, 2.75) is 25.7 Å². The Bertz CT molecular complexity index is 804. The molecule has 0 spiro atoms. The van der Waals surface area contributed by atoms with Crippen LogP contribution >= 0.6 is 0 Å². The van der Waals surface area contributed by atoms with Gasteiger partial charge in [0.1, 0.15) is 0 Å². The summed E-state index contributed by atoms with van der Waals surface area (Å²) in [5.74, 6) is -0.360. The van der Waals surface area contributed by atoms with Crippen LogP contribution in [0.4, 0.5) is 18.9 Å². The Morgan fingerprint density at radius 3 is 2.25 bits per heavy atom. The largest absolute Gasteiger partial charge is 0.465 e. The molecular weight excluding hydrogens is 369 g/mol. The number of carbonyl (C=O) groups is 1. The first kappa shape index (κ1) is 20.2. The van der Waals surface area contributed by atoms with Crippen LogP contribution in [0.25, 0.3) is 0 Å². The van der Waals surface area contributed by atoms with Gasteiger partial charge in [0.2, 0.25) is 0 Å². The summed E-state index contributed by atoms with van der Waals surface area (Å²) in [5, 5.41) is 0. The quantitative estimate of drug-likeness (QED) is 0.730. The number of esters is 1. The van der Waals surface area contributed by atoms with E-state index in [1.807, 2.05) is 12.1 Å². The number of hydrogen-bond donors (Lipinski definition) is 0. The van der Waals surface area contributed by atoms with E-state index in [-0.39, 0.29) is 12.0 Å². The second-order valence-electron chi connectivity index (χ2n) is 7.01. The molecule has 150 valence electrons. The number of nitrogens with zero attached hydrogens (tertiary/aromatic N) is 2. The van der Waals surface area contributed by atoms with Crippen molar-refractivity contribution in [2.24, 2.45) is 0 Å². The number of halogens is 3. The Kier molecular flexibility index (Phi) is 5.93. The summed E-state index contributed by atoms with van der Waals surface area (Å²) in [5.41, 5.74) is 1.80. The number of benzene rings is 2. The summed E-state index contributed by atoms with van der Waals surface area (Å²) in [7, 11) is 1.36. The molecule has 1 fully saturated rings. The third-order valence-corrected chi connectivity index (χ3v) is 5.02. The molecule has 3 rings (SSSR count). The van der Waals surface area contributed by atoms with Crippen LogP contribution < -0.4 is 4.90 Å². The van der Waals surface area contributed by atoms with Crippen molar-refractivity contribution in [3.05, 3.63) is 65.2 Å². The molecule has 1 aliphatic rings. The van der Waals surface area contributed by atoms with Crippen LogP contribution in [0.15, 0.2) is 48.5 Å². The van der Waals surface area contributed by atoms with Gasteiger partial charge in [-0.05, 0) is 48.9 Å². The van der Waals surface area contributed by atoms with E-state index in [2.05, 4.69) is 16.7 Å². The van der Waals surface area contributed by atoms with Crippen LogP contribution in [-0.2, 0) is 17.5 Å². The summed E-state index contributed by atoms with van der Waals surface area (Å²) >= 11 is 0. The Hall–Kier alpha value is -2.54. The first-order chi connectivity index (χ1) is 13.3. The zero-order valence-corrected chi connectivity index (χ0v) is 15.9. The first-order valence-electron chi connectivity index (χ1n) is 9.11. The molecule has 1 saturated heterocycles. The highest BCUT2D eigenvalue weighted by atomic mass is 19.4. The van der Waals surface area contributed by atoms with Gasteiger partial charge in [0.15, 0.2) is 0 Å². The van der Waals surface area contributed by atoms with Gasteiger partial charge < -0.3 is 9.64 Å². The van der Waals surface area contributed by atoms with Crippen LogP contribution in [0.3, 0.4) is 0 Å². The number of alkyl halides is 3. The average Bonchev–Trinajstić information content (AvgIpc) is 2.67. The Morgan fingerprint density at radius 1 is 1.07 bits per heavy atom. The standard InChI is InChI=1S/C21H23F3N2O2/c1-15-13-25(14-16-3-7-18(8-4-16)21(22,23)24)11-12-26(15)19-9-5-17(6-10-19)20(27)28-2/h3-10,15H,11-14H2,1-2H3/t15-/m1/s1. The second-order valence-corrected chi connectivity index (χ2v) is 7.01. The minimum Gasteiger partial charge on any atom is -0.465 e. The Morgan fingerprint density at radius 2 is 1.71 bits per heavy atom. The SMILES string of the molecule is COC(=O)c1ccc(N2CCN(Cc3ccc(C(F)(F)F)cc3)C[C@H]2C)cc1. The number of carbonyl (C=O) groups excluding carboxylic acids is 1. The fourth-order valence-corrected chi connectivity index (χ4v) is 3.52. The minimum absolute atomic E-state index is 0.243. The van der Waals surface area contributed by atoms with E-state index in [4.69, 9.17) is 4.74 Å². The molecule has 0 N–H and O–H groups in total. The van der Waals surface area contributed by atoms with Gasteiger partial charge >= 0.3 is 12.1 Å².